The van der Waals surface area contributed by atoms with Gasteiger partial charge in [-0.15, -0.1) is 0 Å². The first kappa shape index (κ1) is 16.9. The van der Waals surface area contributed by atoms with Gasteiger partial charge in [0, 0.05) is 11.4 Å². The fraction of sp³-hybridized carbons (Fsp3) is 0.0625. The van der Waals surface area contributed by atoms with Gasteiger partial charge in [-0.2, -0.15) is 13.2 Å². The molecule has 128 valence electrons. The van der Waals surface area contributed by atoms with Crippen LogP contribution in [-0.2, 0) is 6.18 Å². The van der Waals surface area contributed by atoms with Gasteiger partial charge in [-0.05, 0) is 35.8 Å². The normalized spacial score (nSPS) is 11.2. The van der Waals surface area contributed by atoms with E-state index in [0.29, 0.717) is 11.3 Å². The maximum Gasteiger partial charge on any atom is 0.416 e. The molecule has 1 aromatic carbocycles. The second-order valence-electron chi connectivity index (χ2n) is 4.88. The number of nitrogens with zero attached hydrogens (tertiary/aromatic N) is 2. The number of ether oxygens (including phenoxy) is 1. The average molecular weight is 365 g/mol. The first-order valence-electron chi connectivity index (χ1n) is 6.94. The van der Waals surface area contributed by atoms with Gasteiger partial charge in [0.25, 0.3) is 5.91 Å². The van der Waals surface area contributed by atoms with E-state index in [1.807, 2.05) is 0 Å². The molecule has 0 saturated heterocycles. The van der Waals surface area contributed by atoms with Gasteiger partial charge in [-0.25, -0.2) is 9.36 Å². The fourth-order valence-electron chi connectivity index (χ4n) is 1.89. The van der Waals surface area contributed by atoms with Crippen LogP contribution in [0.2, 0.25) is 0 Å². The van der Waals surface area contributed by atoms with Gasteiger partial charge in [-0.3, -0.25) is 4.79 Å². The molecule has 3 aromatic rings. The van der Waals surface area contributed by atoms with E-state index in [4.69, 9.17) is 4.74 Å². The highest BCUT2D eigenvalue weighted by molar-refractivity contribution is 7.03. The molecular formula is C16H10F3N3O2S. The van der Waals surface area contributed by atoms with Gasteiger partial charge in [-0.1, -0.05) is 6.07 Å². The van der Waals surface area contributed by atoms with Gasteiger partial charge >= 0.3 is 6.18 Å². The quantitative estimate of drug-likeness (QED) is 0.734. The maximum atomic E-state index is 12.7. The zero-order valence-corrected chi connectivity index (χ0v) is 13.3. The summed E-state index contributed by atoms with van der Waals surface area (Å²) in [5, 5.41) is 4.23. The third-order valence-electron chi connectivity index (χ3n) is 3.07. The summed E-state index contributed by atoms with van der Waals surface area (Å²) in [7, 11) is 0. The van der Waals surface area contributed by atoms with Crippen molar-refractivity contribution >= 4 is 23.1 Å². The number of hydrogen-bond donors (Lipinski definition) is 1. The number of anilines is 1. The summed E-state index contributed by atoms with van der Waals surface area (Å²) in [5.74, 6) is -0.208. The molecule has 0 fully saturated rings. The Labute approximate surface area is 144 Å². The summed E-state index contributed by atoms with van der Waals surface area (Å²) in [6.45, 7) is 0. The van der Waals surface area contributed by atoms with Crippen LogP contribution in [0.15, 0.2) is 54.2 Å². The predicted molar refractivity (Wildman–Crippen MR) is 85.8 cm³/mol. The summed E-state index contributed by atoms with van der Waals surface area (Å²) in [5.41, 5.74) is 0.0418. The van der Waals surface area contributed by atoms with E-state index in [0.717, 1.165) is 23.7 Å². The summed E-state index contributed by atoms with van der Waals surface area (Å²) < 4.78 is 47.2. The van der Waals surface area contributed by atoms with Crippen LogP contribution in [-0.4, -0.2) is 15.3 Å². The van der Waals surface area contributed by atoms with E-state index in [-0.39, 0.29) is 17.5 Å². The molecule has 0 bridgehead atoms. The van der Waals surface area contributed by atoms with Crippen molar-refractivity contribution in [2.45, 2.75) is 6.18 Å². The molecule has 2 aromatic heterocycles. The maximum absolute atomic E-state index is 12.7. The molecule has 3 rings (SSSR count). The molecule has 25 heavy (non-hydrogen) atoms. The number of aromatic nitrogens is 2. The Balaban J connectivity index is 1.68. The van der Waals surface area contributed by atoms with Gasteiger partial charge in [0.15, 0.2) is 0 Å². The van der Waals surface area contributed by atoms with E-state index in [1.54, 1.807) is 5.38 Å². The lowest BCUT2D eigenvalue weighted by Crippen LogP contribution is -2.10. The van der Waals surface area contributed by atoms with E-state index >= 15 is 0 Å². The number of hydrogen-bond acceptors (Lipinski definition) is 5. The minimum absolute atomic E-state index is 0.0171. The van der Waals surface area contributed by atoms with E-state index in [9.17, 15) is 18.0 Å². The van der Waals surface area contributed by atoms with Gasteiger partial charge in [0.2, 0.25) is 5.88 Å². The Hall–Kier alpha value is -2.94. The molecule has 9 heteroatoms. The molecule has 0 unspecified atom stereocenters. The lowest BCUT2D eigenvalue weighted by Gasteiger charge is -2.10. The Morgan fingerprint density at radius 2 is 2.00 bits per heavy atom. The third-order valence-corrected chi connectivity index (χ3v) is 3.66. The lowest BCUT2D eigenvalue weighted by atomic mass is 10.2. The number of pyridine rings is 1. The lowest BCUT2D eigenvalue weighted by molar-refractivity contribution is -0.137. The van der Waals surface area contributed by atoms with Crippen molar-refractivity contribution in [2.24, 2.45) is 0 Å². The number of halogens is 3. The Morgan fingerprint density at radius 3 is 2.64 bits per heavy atom. The first-order chi connectivity index (χ1) is 11.9. The molecule has 2 heterocycles. The molecule has 1 N–H and O–H groups in total. The largest absolute Gasteiger partial charge is 0.439 e. The summed E-state index contributed by atoms with van der Waals surface area (Å²) in [6, 6.07) is 7.48. The van der Waals surface area contributed by atoms with Crippen molar-refractivity contribution in [3.63, 3.8) is 0 Å². The van der Waals surface area contributed by atoms with E-state index < -0.39 is 11.7 Å². The van der Waals surface area contributed by atoms with Crippen molar-refractivity contribution in [2.75, 3.05) is 5.32 Å². The zero-order chi connectivity index (χ0) is 17.9. The Kier molecular flexibility index (Phi) is 4.66. The number of nitrogens with one attached hydrogen (secondary N) is 1. The highest BCUT2D eigenvalue weighted by Crippen LogP contribution is 2.32. The number of amides is 1. The van der Waals surface area contributed by atoms with Crippen molar-refractivity contribution in [1.29, 1.82) is 0 Å². The third kappa shape index (κ3) is 4.32. The molecule has 0 radical (unpaired) electrons. The smallest absolute Gasteiger partial charge is 0.416 e. The van der Waals surface area contributed by atoms with E-state index in [1.165, 1.54) is 36.7 Å². The van der Waals surface area contributed by atoms with Crippen molar-refractivity contribution in [1.82, 2.24) is 9.36 Å². The van der Waals surface area contributed by atoms with Gasteiger partial charge in [0.1, 0.15) is 5.75 Å². The molecule has 0 spiro atoms. The second kappa shape index (κ2) is 6.89. The Morgan fingerprint density at radius 1 is 1.16 bits per heavy atom. The van der Waals surface area contributed by atoms with Crippen LogP contribution in [0.4, 0.5) is 18.9 Å². The van der Waals surface area contributed by atoms with Gasteiger partial charge in [0.05, 0.1) is 29.2 Å². The standard InChI is InChI=1S/C16H10F3N3O2S/c17-16(18,19)11-2-1-3-13(6-11)24-14-5-4-12(8-20-14)22-15(23)10-7-21-25-9-10/h1-9H,(H,22,23). The predicted octanol–water partition coefficient (Wildman–Crippen LogP) is 4.60. The van der Waals surface area contributed by atoms with Gasteiger partial charge < -0.3 is 10.1 Å². The highest BCUT2D eigenvalue weighted by atomic mass is 32.1. The van der Waals surface area contributed by atoms with Crippen LogP contribution >= 0.6 is 11.5 Å². The summed E-state index contributed by atoms with van der Waals surface area (Å²) in [6.07, 6.45) is -1.66. The minimum atomic E-state index is -4.45. The SMILES string of the molecule is O=C(Nc1ccc(Oc2cccc(C(F)(F)F)c2)nc1)c1cnsc1. The number of carbonyl (C=O) groups excluding carboxylic acids is 1. The molecule has 0 aliphatic heterocycles. The number of alkyl halides is 3. The molecule has 0 aliphatic rings. The minimum Gasteiger partial charge on any atom is -0.439 e. The summed E-state index contributed by atoms with van der Waals surface area (Å²) in [4.78, 5) is 15.8. The molecule has 0 atom stereocenters. The van der Waals surface area contributed by atoms with Crippen LogP contribution in [0.5, 0.6) is 11.6 Å². The van der Waals surface area contributed by atoms with Crippen molar-refractivity contribution < 1.29 is 22.7 Å². The number of carbonyl (C=O) groups is 1. The topological polar surface area (TPSA) is 64.1 Å². The average Bonchev–Trinajstić information content (AvgIpc) is 3.11. The number of rotatable bonds is 4. The first-order valence-corrected chi connectivity index (χ1v) is 7.77. The van der Waals surface area contributed by atoms with Crippen LogP contribution in [0.3, 0.4) is 0 Å². The molecular weight excluding hydrogens is 355 g/mol. The molecule has 0 aliphatic carbocycles. The number of benzene rings is 1. The molecule has 5 nitrogen and oxygen atoms in total. The monoisotopic (exact) mass is 365 g/mol. The highest BCUT2D eigenvalue weighted by Gasteiger charge is 2.30. The van der Waals surface area contributed by atoms with Crippen molar-refractivity contribution in [3.8, 4) is 11.6 Å². The Bertz CT molecular complexity index is 865. The van der Waals surface area contributed by atoms with Crippen LogP contribution in [0, 0.1) is 0 Å². The molecule has 1 amide bonds. The van der Waals surface area contributed by atoms with Crippen molar-refractivity contribution in [3.05, 3.63) is 65.3 Å². The fourth-order valence-corrected chi connectivity index (χ4v) is 2.41. The van der Waals surface area contributed by atoms with E-state index in [2.05, 4.69) is 14.7 Å². The van der Waals surface area contributed by atoms with Crippen LogP contribution < -0.4 is 10.1 Å². The molecule has 0 saturated carbocycles. The summed E-state index contributed by atoms with van der Waals surface area (Å²) >= 11 is 1.16. The second-order valence-corrected chi connectivity index (χ2v) is 5.54. The van der Waals surface area contributed by atoms with Crippen LogP contribution in [0.25, 0.3) is 0 Å². The zero-order valence-electron chi connectivity index (χ0n) is 12.4. The van der Waals surface area contributed by atoms with Crippen LogP contribution in [0.1, 0.15) is 15.9 Å².